The van der Waals surface area contributed by atoms with E-state index in [0.29, 0.717) is 0 Å². The van der Waals surface area contributed by atoms with Gasteiger partial charge >= 0.3 is 0 Å². The van der Waals surface area contributed by atoms with Crippen molar-refractivity contribution in [3.63, 3.8) is 0 Å². The van der Waals surface area contributed by atoms with Crippen LogP contribution in [0.2, 0.25) is 0 Å². The SMILES string of the molecule is CC(=O)c1ccccc1N1CCC(C)(O)CC1. The highest BCUT2D eigenvalue weighted by Gasteiger charge is 2.28. The van der Waals surface area contributed by atoms with Crippen LogP contribution in [0.4, 0.5) is 5.69 Å². The lowest BCUT2D eigenvalue weighted by Crippen LogP contribution is -2.42. The number of anilines is 1. The number of rotatable bonds is 2. The molecule has 1 aromatic rings. The van der Waals surface area contributed by atoms with E-state index in [4.69, 9.17) is 0 Å². The Hall–Kier alpha value is -1.35. The monoisotopic (exact) mass is 233 g/mol. The molecule has 1 heterocycles. The highest BCUT2D eigenvalue weighted by atomic mass is 16.3. The van der Waals surface area contributed by atoms with Crippen molar-refractivity contribution in [2.75, 3.05) is 18.0 Å². The van der Waals surface area contributed by atoms with Crippen LogP contribution < -0.4 is 4.90 Å². The molecule has 0 aromatic heterocycles. The molecule has 0 saturated carbocycles. The number of Topliss-reactive ketones (excluding diaryl/α,β-unsaturated/α-hetero) is 1. The Morgan fingerprint density at radius 2 is 1.88 bits per heavy atom. The Labute approximate surface area is 102 Å². The molecule has 0 aliphatic carbocycles. The lowest BCUT2D eigenvalue weighted by atomic mass is 9.93. The molecule has 1 fully saturated rings. The molecule has 0 radical (unpaired) electrons. The van der Waals surface area contributed by atoms with E-state index >= 15 is 0 Å². The smallest absolute Gasteiger partial charge is 0.161 e. The van der Waals surface area contributed by atoms with Gasteiger partial charge in [0.2, 0.25) is 0 Å². The van der Waals surface area contributed by atoms with Crippen LogP contribution in [0, 0.1) is 0 Å². The fourth-order valence-electron chi connectivity index (χ4n) is 2.28. The van der Waals surface area contributed by atoms with Gasteiger partial charge in [-0.25, -0.2) is 0 Å². The van der Waals surface area contributed by atoms with Crippen molar-refractivity contribution in [1.29, 1.82) is 0 Å². The molecule has 1 aliphatic rings. The van der Waals surface area contributed by atoms with E-state index < -0.39 is 5.60 Å². The first kappa shape index (κ1) is 12.1. The quantitative estimate of drug-likeness (QED) is 0.796. The summed E-state index contributed by atoms with van der Waals surface area (Å²) in [6.45, 7) is 5.08. The summed E-state index contributed by atoms with van der Waals surface area (Å²) in [7, 11) is 0. The summed E-state index contributed by atoms with van der Waals surface area (Å²) in [6, 6.07) is 7.69. The minimum absolute atomic E-state index is 0.0953. The third kappa shape index (κ3) is 2.67. The minimum Gasteiger partial charge on any atom is -0.390 e. The molecule has 1 N–H and O–H groups in total. The van der Waals surface area contributed by atoms with Gasteiger partial charge < -0.3 is 10.0 Å². The van der Waals surface area contributed by atoms with Gasteiger partial charge in [-0.1, -0.05) is 12.1 Å². The molecular formula is C14H19NO2. The van der Waals surface area contributed by atoms with Crippen molar-refractivity contribution < 1.29 is 9.90 Å². The number of carbonyl (C=O) groups is 1. The number of ketones is 1. The fourth-order valence-corrected chi connectivity index (χ4v) is 2.28. The van der Waals surface area contributed by atoms with Gasteiger partial charge in [0.05, 0.1) is 5.60 Å². The van der Waals surface area contributed by atoms with Gasteiger partial charge in [0.15, 0.2) is 5.78 Å². The van der Waals surface area contributed by atoms with Crippen molar-refractivity contribution in [2.45, 2.75) is 32.3 Å². The lowest BCUT2D eigenvalue weighted by molar-refractivity contribution is 0.0351. The zero-order valence-corrected chi connectivity index (χ0v) is 10.4. The molecule has 17 heavy (non-hydrogen) atoms. The van der Waals surface area contributed by atoms with Crippen LogP contribution in [0.1, 0.15) is 37.0 Å². The van der Waals surface area contributed by atoms with Gasteiger partial charge in [-0.05, 0) is 38.8 Å². The number of carbonyl (C=O) groups excluding carboxylic acids is 1. The molecule has 0 atom stereocenters. The molecular weight excluding hydrogens is 214 g/mol. The maximum absolute atomic E-state index is 11.6. The lowest BCUT2D eigenvalue weighted by Gasteiger charge is -2.37. The van der Waals surface area contributed by atoms with Gasteiger partial charge in [0.1, 0.15) is 0 Å². The summed E-state index contributed by atoms with van der Waals surface area (Å²) in [4.78, 5) is 13.7. The second-order valence-corrected chi connectivity index (χ2v) is 5.06. The summed E-state index contributed by atoms with van der Waals surface area (Å²) in [5.74, 6) is 0.0953. The summed E-state index contributed by atoms with van der Waals surface area (Å²) in [6.07, 6.45) is 1.50. The Morgan fingerprint density at radius 3 is 2.47 bits per heavy atom. The minimum atomic E-state index is -0.554. The highest BCUT2D eigenvalue weighted by molar-refractivity contribution is 5.99. The van der Waals surface area contributed by atoms with Gasteiger partial charge in [-0.15, -0.1) is 0 Å². The van der Waals surface area contributed by atoms with Crippen LogP contribution in [-0.4, -0.2) is 29.6 Å². The van der Waals surface area contributed by atoms with E-state index in [-0.39, 0.29) is 5.78 Å². The van der Waals surface area contributed by atoms with Crippen LogP contribution in [0.25, 0.3) is 0 Å². The standard InChI is InChI=1S/C14H19NO2/c1-11(16)12-5-3-4-6-13(12)15-9-7-14(2,17)8-10-15/h3-6,17H,7-10H2,1-2H3. The first-order valence-electron chi connectivity index (χ1n) is 6.07. The summed E-state index contributed by atoms with van der Waals surface area (Å²) < 4.78 is 0. The van der Waals surface area contributed by atoms with E-state index in [1.165, 1.54) is 0 Å². The number of aliphatic hydroxyl groups is 1. The highest BCUT2D eigenvalue weighted by Crippen LogP contribution is 2.28. The van der Waals surface area contributed by atoms with E-state index in [0.717, 1.165) is 37.2 Å². The van der Waals surface area contributed by atoms with Crippen molar-refractivity contribution in [3.05, 3.63) is 29.8 Å². The Morgan fingerprint density at radius 1 is 1.29 bits per heavy atom. The normalized spacial score (nSPS) is 19.1. The Kier molecular flexibility index (Phi) is 3.20. The molecule has 1 aromatic carbocycles. The van der Waals surface area contributed by atoms with Crippen molar-refractivity contribution in [1.82, 2.24) is 0 Å². The Balaban J connectivity index is 2.21. The second kappa shape index (κ2) is 4.49. The molecule has 92 valence electrons. The van der Waals surface area contributed by atoms with Gasteiger partial charge in [-0.3, -0.25) is 4.79 Å². The molecule has 0 amide bonds. The van der Waals surface area contributed by atoms with E-state index in [9.17, 15) is 9.90 Å². The van der Waals surface area contributed by atoms with Gasteiger partial charge in [-0.2, -0.15) is 0 Å². The number of nitrogens with zero attached hydrogens (tertiary/aromatic N) is 1. The van der Waals surface area contributed by atoms with E-state index in [2.05, 4.69) is 4.90 Å². The topological polar surface area (TPSA) is 40.5 Å². The van der Waals surface area contributed by atoms with Crippen LogP contribution in [0.15, 0.2) is 24.3 Å². The number of benzene rings is 1. The Bertz CT molecular complexity index is 416. The summed E-state index contributed by atoms with van der Waals surface area (Å²) >= 11 is 0. The summed E-state index contributed by atoms with van der Waals surface area (Å²) in [5.41, 5.74) is 1.21. The van der Waals surface area contributed by atoms with Gasteiger partial charge in [0, 0.05) is 24.3 Å². The molecule has 1 aliphatic heterocycles. The van der Waals surface area contributed by atoms with Gasteiger partial charge in [0.25, 0.3) is 0 Å². The number of para-hydroxylation sites is 1. The zero-order chi connectivity index (χ0) is 12.5. The van der Waals surface area contributed by atoms with Crippen LogP contribution in [0.3, 0.4) is 0 Å². The molecule has 0 bridgehead atoms. The van der Waals surface area contributed by atoms with Crippen molar-refractivity contribution in [2.24, 2.45) is 0 Å². The molecule has 0 spiro atoms. The van der Waals surface area contributed by atoms with E-state index in [1.54, 1.807) is 6.92 Å². The first-order valence-corrected chi connectivity index (χ1v) is 6.07. The van der Waals surface area contributed by atoms with Crippen LogP contribution in [-0.2, 0) is 0 Å². The molecule has 2 rings (SSSR count). The second-order valence-electron chi connectivity index (χ2n) is 5.06. The molecule has 3 nitrogen and oxygen atoms in total. The molecule has 0 unspecified atom stereocenters. The number of piperidine rings is 1. The average molecular weight is 233 g/mol. The average Bonchev–Trinajstić information content (AvgIpc) is 2.29. The third-order valence-corrected chi connectivity index (χ3v) is 3.46. The molecule has 3 heteroatoms. The third-order valence-electron chi connectivity index (χ3n) is 3.46. The molecule has 1 saturated heterocycles. The first-order chi connectivity index (χ1) is 7.99. The van der Waals surface area contributed by atoms with E-state index in [1.807, 2.05) is 31.2 Å². The predicted molar refractivity (Wildman–Crippen MR) is 68.5 cm³/mol. The van der Waals surface area contributed by atoms with Crippen molar-refractivity contribution >= 4 is 11.5 Å². The number of hydrogen-bond acceptors (Lipinski definition) is 3. The summed E-state index contributed by atoms with van der Waals surface area (Å²) in [5, 5.41) is 9.92. The van der Waals surface area contributed by atoms with Crippen LogP contribution >= 0.6 is 0 Å². The zero-order valence-electron chi connectivity index (χ0n) is 10.4. The van der Waals surface area contributed by atoms with Crippen molar-refractivity contribution in [3.8, 4) is 0 Å². The maximum Gasteiger partial charge on any atom is 0.161 e. The van der Waals surface area contributed by atoms with Crippen LogP contribution in [0.5, 0.6) is 0 Å². The number of hydrogen-bond donors (Lipinski definition) is 1. The fraction of sp³-hybridized carbons (Fsp3) is 0.500. The maximum atomic E-state index is 11.6. The largest absolute Gasteiger partial charge is 0.390 e. The predicted octanol–water partition coefficient (Wildman–Crippen LogP) is 2.24.